The smallest absolute Gasteiger partial charge is 0.186 e. The Balaban J connectivity index is 2.48. The summed E-state index contributed by atoms with van der Waals surface area (Å²) in [5, 5.41) is 0. The van der Waals surface area contributed by atoms with Crippen molar-refractivity contribution in [1.29, 1.82) is 0 Å². The van der Waals surface area contributed by atoms with Gasteiger partial charge in [-0.3, -0.25) is 4.79 Å². The minimum absolute atomic E-state index is 0.145. The van der Waals surface area contributed by atoms with Crippen molar-refractivity contribution in [3.05, 3.63) is 48.2 Å². The summed E-state index contributed by atoms with van der Waals surface area (Å²) in [4.78, 5) is 13.7. The third-order valence-corrected chi connectivity index (χ3v) is 2.97. The van der Waals surface area contributed by atoms with Crippen molar-refractivity contribution >= 4 is 5.78 Å². The fourth-order valence-corrected chi connectivity index (χ4v) is 1.77. The zero-order valence-electron chi connectivity index (χ0n) is 8.40. The van der Waals surface area contributed by atoms with Crippen LogP contribution in [0.4, 0.5) is 0 Å². The van der Waals surface area contributed by atoms with Gasteiger partial charge in [0, 0.05) is 13.2 Å². The van der Waals surface area contributed by atoms with Gasteiger partial charge in [0.15, 0.2) is 5.78 Å². The van der Waals surface area contributed by atoms with Gasteiger partial charge in [0.05, 0.1) is 0 Å². The Hall–Kier alpha value is -1.57. The van der Waals surface area contributed by atoms with Gasteiger partial charge in [-0.1, -0.05) is 30.3 Å². The standard InChI is InChI=1S/C12H13NO/c1-12(10-6-4-3-5-7-10)11(14)8-9-13(12)2/h3-9H,1-2H3. The van der Waals surface area contributed by atoms with E-state index in [4.69, 9.17) is 0 Å². The molecular formula is C12H13NO. The van der Waals surface area contributed by atoms with Gasteiger partial charge >= 0.3 is 0 Å². The summed E-state index contributed by atoms with van der Waals surface area (Å²) in [5.41, 5.74) is 0.527. The molecule has 0 amide bonds. The Bertz CT molecular complexity index is 383. The van der Waals surface area contributed by atoms with Gasteiger partial charge in [0.25, 0.3) is 0 Å². The molecule has 72 valence electrons. The lowest BCUT2D eigenvalue weighted by Crippen LogP contribution is -2.40. The quantitative estimate of drug-likeness (QED) is 0.669. The second kappa shape index (κ2) is 2.98. The predicted molar refractivity (Wildman–Crippen MR) is 55.7 cm³/mol. The van der Waals surface area contributed by atoms with Gasteiger partial charge in [0.1, 0.15) is 5.54 Å². The molecule has 2 nitrogen and oxygen atoms in total. The molecule has 1 heterocycles. The van der Waals surface area contributed by atoms with E-state index >= 15 is 0 Å². The van der Waals surface area contributed by atoms with Gasteiger partial charge < -0.3 is 4.90 Å². The molecule has 1 aromatic carbocycles. The number of ketones is 1. The molecule has 0 saturated carbocycles. The van der Waals surface area contributed by atoms with Crippen LogP contribution in [-0.2, 0) is 10.3 Å². The van der Waals surface area contributed by atoms with Crippen LogP contribution in [0.3, 0.4) is 0 Å². The van der Waals surface area contributed by atoms with E-state index in [2.05, 4.69) is 0 Å². The summed E-state index contributed by atoms with van der Waals surface area (Å²) in [6.07, 6.45) is 3.46. The van der Waals surface area contributed by atoms with Gasteiger partial charge in [-0.25, -0.2) is 0 Å². The van der Waals surface area contributed by atoms with Crippen molar-refractivity contribution in [3.8, 4) is 0 Å². The molecule has 0 bridgehead atoms. The number of benzene rings is 1. The average molecular weight is 187 g/mol. The molecule has 0 fully saturated rings. The van der Waals surface area contributed by atoms with E-state index in [9.17, 15) is 4.79 Å². The predicted octanol–water partition coefficient (Wildman–Crippen LogP) is 1.93. The molecule has 1 aliphatic rings. The maximum atomic E-state index is 11.8. The highest BCUT2D eigenvalue weighted by molar-refractivity contribution is 6.00. The lowest BCUT2D eigenvalue weighted by molar-refractivity contribution is -0.122. The molecule has 1 aliphatic heterocycles. The summed E-state index contributed by atoms with van der Waals surface area (Å²) in [5.74, 6) is 0.145. The number of carbonyl (C=O) groups excluding carboxylic acids is 1. The number of nitrogens with zero attached hydrogens (tertiary/aromatic N) is 1. The Morgan fingerprint density at radius 2 is 1.86 bits per heavy atom. The summed E-state index contributed by atoms with van der Waals surface area (Å²) < 4.78 is 0. The third kappa shape index (κ3) is 1.07. The van der Waals surface area contributed by atoms with Crippen molar-refractivity contribution in [2.24, 2.45) is 0 Å². The highest BCUT2D eigenvalue weighted by Crippen LogP contribution is 2.32. The number of carbonyl (C=O) groups is 1. The third-order valence-electron chi connectivity index (χ3n) is 2.97. The summed E-state index contributed by atoms with van der Waals surface area (Å²) in [7, 11) is 1.92. The van der Waals surface area contributed by atoms with Gasteiger partial charge in [-0.2, -0.15) is 0 Å². The highest BCUT2D eigenvalue weighted by atomic mass is 16.1. The maximum absolute atomic E-state index is 11.8. The van der Waals surface area contributed by atoms with Crippen LogP contribution in [0.1, 0.15) is 12.5 Å². The van der Waals surface area contributed by atoms with Crippen molar-refractivity contribution < 1.29 is 4.79 Å². The second-order valence-corrected chi connectivity index (χ2v) is 3.73. The molecule has 0 radical (unpaired) electrons. The monoisotopic (exact) mass is 187 g/mol. The second-order valence-electron chi connectivity index (χ2n) is 3.73. The number of rotatable bonds is 1. The molecule has 2 rings (SSSR count). The van der Waals surface area contributed by atoms with Crippen molar-refractivity contribution in [2.45, 2.75) is 12.5 Å². The van der Waals surface area contributed by atoms with Gasteiger partial charge in [0.2, 0.25) is 0 Å². The fourth-order valence-electron chi connectivity index (χ4n) is 1.77. The molecule has 1 unspecified atom stereocenters. The molecule has 0 N–H and O–H groups in total. The van der Waals surface area contributed by atoms with E-state index in [0.29, 0.717) is 0 Å². The van der Waals surface area contributed by atoms with E-state index in [1.54, 1.807) is 6.08 Å². The van der Waals surface area contributed by atoms with Crippen LogP contribution in [0.2, 0.25) is 0 Å². The van der Waals surface area contributed by atoms with Crippen LogP contribution in [-0.4, -0.2) is 17.7 Å². The van der Waals surface area contributed by atoms with Crippen molar-refractivity contribution in [2.75, 3.05) is 7.05 Å². The maximum Gasteiger partial charge on any atom is 0.186 e. The zero-order chi connectivity index (χ0) is 10.2. The number of likely N-dealkylation sites (N-methyl/N-ethyl adjacent to an activating group) is 1. The first-order chi connectivity index (χ1) is 6.65. The van der Waals surface area contributed by atoms with Gasteiger partial charge in [-0.05, 0) is 18.6 Å². The molecule has 2 heteroatoms. The lowest BCUT2D eigenvalue weighted by atomic mass is 9.88. The number of hydrogen-bond donors (Lipinski definition) is 0. The van der Waals surface area contributed by atoms with E-state index in [1.807, 2.05) is 55.4 Å². The first kappa shape index (κ1) is 9.00. The van der Waals surface area contributed by atoms with Crippen LogP contribution in [0.15, 0.2) is 42.6 Å². The Morgan fingerprint density at radius 3 is 2.36 bits per heavy atom. The average Bonchev–Trinajstić information content (AvgIpc) is 2.49. The van der Waals surface area contributed by atoms with E-state index in [-0.39, 0.29) is 5.78 Å². The SMILES string of the molecule is CN1C=CC(=O)C1(C)c1ccccc1. The molecule has 1 aromatic rings. The molecule has 0 aromatic heterocycles. The van der Waals surface area contributed by atoms with Crippen molar-refractivity contribution in [3.63, 3.8) is 0 Å². The Morgan fingerprint density at radius 1 is 1.21 bits per heavy atom. The van der Waals surface area contributed by atoms with Crippen LogP contribution in [0.5, 0.6) is 0 Å². The van der Waals surface area contributed by atoms with E-state index in [1.165, 1.54) is 0 Å². The molecule has 0 saturated heterocycles. The first-order valence-corrected chi connectivity index (χ1v) is 4.67. The molecular weight excluding hydrogens is 174 g/mol. The lowest BCUT2D eigenvalue weighted by Gasteiger charge is -2.32. The molecule has 1 atom stereocenters. The first-order valence-electron chi connectivity index (χ1n) is 4.67. The topological polar surface area (TPSA) is 20.3 Å². The summed E-state index contributed by atoms with van der Waals surface area (Å²) in [6.45, 7) is 1.95. The van der Waals surface area contributed by atoms with E-state index < -0.39 is 5.54 Å². The van der Waals surface area contributed by atoms with Crippen molar-refractivity contribution in [1.82, 2.24) is 4.90 Å². The van der Waals surface area contributed by atoms with Crippen LogP contribution in [0.25, 0.3) is 0 Å². The molecule has 0 aliphatic carbocycles. The van der Waals surface area contributed by atoms with Crippen LogP contribution < -0.4 is 0 Å². The minimum atomic E-state index is -0.513. The Kier molecular flexibility index (Phi) is 1.92. The van der Waals surface area contributed by atoms with Crippen LogP contribution in [0, 0.1) is 0 Å². The van der Waals surface area contributed by atoms with Gasteiger partial charge in [-0.15, -0.1) is 0 Å². The van der Waals surface area contributed by atoms with Crippen LogP contribution >= 0.6 is 0 Å². The highest BCUT2D eigenvalue weighted by Gasteiger charge is 2.39. The summed E-state index contributed by atoms with van der Waals surface area (Å²) >= 11 is 0. The zero-order valence-corrected chi connectivity index (χ0v) is 8.40. The largest absolute Gasteiger partial charge is 0.364 e. The fraction of sp³-hybridized carbons (Fsp3) is 0.250. The molecule has 14 heavy (non-hydrogen) atoms. The normalized spacial score (nSPS) is 25.9. The van der Waals surface area contributed by atoms with E-state index in [0.717, 1.165) is 5.56 Å². The minimum Gasteiger partial charge on any atom is -0.364 e. The molecule has 0 spiro atoms. The Labute approximate surface area is 83.8 Å². The summed E-state index contributed by atoms with van der Waals surface area (Å²) in [6, 6.07) is 9.85. The number of hydrogen-bond acceptors (Lipinski definition) is 2.